The van der Waals surface area contributed by atoms with Crippen molar-refractivity contribution in [3.8, 4) is 0 Å². The number of rotatable bonds is 7. The summed E-state index contributed by atoms with van der Waals surface area (Å²) in [5.74, 6) is -0.802. The maximum Gasteiger partial charge on any atom is 0.267 e. The van der Waals surface area contributed by atoms with E-state index >= 15 is 0 Å². The van der Waals surface area contributed by atoms with Gasteiger partial charge in [-0.05, 0) is 25.2 Å². The van der Waals surface area contributed by atoms with E-state index < -0.39 is 5.91 Å². The number of nitrogens with two attached hydrogens (primary N) is 1. The van der Waals surface area contributed by atoms with Gasteiger partial charge in [-0.1, -0.05) is 13.8 Å². The number of primary amides is 1. The molecule has 1 rings (SSSR count). The highest BCUT2D eigenvalue weighted by atomic mass is 16.2. The fraction of sp³-hybridized carbons (Fsp3) is 0.462. The van der Waals surface area contributed by atoms with Crippen LogP contribution in [-0.4, -0.2) is 47.9 Å². The van der Waals surface area contributed by atoms with Crippen LogP contribution in [0.2, 0.25) is 0 Å². The molecule has 0 saturated carbocycles. The molecule has 0 saturated heterocycles. The Kier molecular flexibility index (Phi) is 5.95. The first-order valence-corrected chi connectivity index (χ1v) is 6.34. The van der Waals surface area contributed by atoms with Crippen LogP contribution >= 0.6 is 0 Å². The zero-order valence-corrected chi connectivity index (χ0v) is 11.3. The number of nitrogens with zero attached hydrogens (tertiary/aromatic N) is 2. The molecule has 1 aromatic rings. The number of nitrogens with one attached hydrogen (secondary N) is 1. The molecule has 1 heterocycles. The molecule has 0 atom stereocenters. The van der Waals surface area contributed by atoms with Crippen molar-refractivity contribution in [2.45, 2.75) is 13.8 Å². The maximum absolute atomic E-state index is 11.8. The van der Waals surface area contributed by atoms with Crippen molar-refractivity contribution >= 4 is 11.8 Å². The molecule has 0 aromatic carbocycles. The van der Waals surface area contributed by atoms with Crippen molar-refractivity contribution in [1.82, 2.24) is 15.2 Å². The molecule has 0 aliphatic heterocycles. The predicted octanol–water partition coefficient (Wildman–Crippen LogP) is 0.252. The minimum absolute atomic E-state index is 0.152. The smallest absolute Gasteiger partial charge is 0.267 e. The molecule has 0 aliphatic carbocycles. The first-order chi connectivity index (χ1) is 9.08. The minimum Gasteiger partial charge on any atom is -0.364 e. The van der Waals surface area contributed by atoms with Crippen LogP contribution in [0.5, 0.6) is 0 Å². The number of hydrogen-bond donors (Lipinski definition) is 2. The van der Waals surface area contributed by atoms with Crippen molar-refractivity contribution in [1.29, 1.82) is 0 Å². The lowest BCUT2D eigenvalue weighted by molar-refractivity contribution is 0.0945. The molecule has 0 aliphatic rings. The van der Waals surface area contributed by atoms with E-state index in [-0.39, 0.29) is 11.6 Å². The normalized spacial score (nSPS) is 10.5. The van der Waals surface area contributed by atoms with Gasteiger partial charge in [0.1, 0.15) is 5.69 Å². The third-order valence-electron chi connectivity index (χ3n) is 2.89. The van der Waals surface area contributed by atoms with Crippen LogP contribution in [0.25, 0.3) is 0 Å². The topological polar surface area (TPSA) is 88.3 Å². The first-order valence-electron chi connectivity index (χ1n) is 6.34. The highest BCUT2D eigenvalue weighted by Gasteiger charge is 2.08. The molecule has 3 N–H and O–H groups in total. The van der Waals surface area contributed by atoms with Gasteiger partial charge in [0.25, 0.3) is 11.8 Å². The average Bonchev–Trinajstić information content (AvgIpc) is 2.43. The van der Waals surface area contributed by atoms with E-state index in [4.69, 9.17) is 5.73 Å². The van der Waals surface area contributed by atoms with Crippen LogP contribution < -0.4 is 11.1 Å². The van der Waals surface area contributed by atoms with Gasteiger partial charge in [0.2, 0.25) is 0 Å². The molecule has 0 unspecified atom stereocenters. The SMILES string of the molecule is CCN(CC)CCNC(=O)c1ccc(C(N)=O)nc1. The van der Waals surface area contributed by atoms with Crippen LogP contribution in [0.15, 0.2) is 18.3 Å². The third-order valence-corrected chi connectivity index (χ3v) is 2.89. The van der Waals surface area contributed by atoms with Gasteiger partial charge in [-0.2, -0.15) is 0 Å². The van der Waals surface area contributed by atoms with Crippen molar-refractivity contribution < 1.29 is 9.59 Å². The van der Waals surface area contributed by atoms with Crippen molar-refractivity contribution in [3.63, 3.8) is 0 Å². The summed E-state index contributed by atoms with van der Waals surface area (Å²) in [7, 11) is 0. The molecule has 104 valence electrons. The van der Waals surface area contributed by atoms with E-state index in [0.29, 0.717) is 12.1 Å². The number of hydrogen-bond acceptors (Lipinski definition) is 4. The number of carbonyl (C=O) groups is 2. The summed E-state index contributed by atoms with van der Waals surface area (Å²) >= 11 is 0. The molecule has 6 nitrogen and oxygen atoms in total. The van der Waals surface area contributed by atoms with Gasteiger partial charge < -0.3 is 16.0 Å². The first kappa shape index (κ1) is 15.1. The molecule has 19 heavy (non-hydrogen) atoms. The molecule has 0 bridgehead atoms. The van der Waals surface area contributed by atoms with E-state index in [0.717, 1.165) is 19.6 Å². The summed E-state index contributed by atoms with van der Waals surface area (Å²) < 4.78 is 0. The van der Waals surface area contributed by atoms with E-state index in [1.54, 1.807) is 6.07 Å². The molecular formula is C13H20N4O2. The number of aromatic nitrogens is 1. The van der Waals surface area contributed by atoms with Crippen molar-refractivity contribution in [2.24, 2.45) is 5.73 Å². The molecule has 2 amide bonds. The van der Waals surface area contributed by atoms with Gasteiger partial charge in [-0.3, -0.25) is 14.6 Å². The van der Waals surface area contributed by atoms with Crippen molar-refractivity contribution in [2.75, 3.05) is 26.2 Å². The largest absolute Gasteiger partial charge is 0.364 e. The molecule has 1 aromatic heterocycles. The third kappa shape index (κ3) is 4.67. The highest BCUT2D eigenvalue weighted by molar-refractivity contribution is 5.95. The van der Waals surface area contributed by atoms with Gasteiger partial charge in [0.15, 0.2) is 0 Å². The van der Waals surface area contributed by atoms with Gasteiger partial charge in [-0.25, -0.2) is 0 Å². The Morgan fingerprint density at radius 2 is 2.00 bits per heavy atom. The summed E-state index contributed by atoms with van der Waals surface area (Å²) in [5.41, 5.74) is 5.65. The van der Waals surface area contributed by atoms with E-state index in [2.05, 4.69) is 29.0 Å². The minimum atomic E-state index is -0.603. The number of amides is 2. The van der Waals surface area contributed by atoms with Crippen LogP contribution in [0, 0.1) is 0 Å². The second kappa shape index (κ2) is 7.48. The van der Waals surface area contributed by atoms with Crippen LogP contribution in [0.1, 0.15) is 34.7 Å². The number of pyridine rings is 1. The van der Waals surface area contributed by atoms with Crippen LogP contribution in [0.3, 0.4) is 0 Å². The molecular weight excluding hydrogens is 244 g/mol. The Morgan fingerprint density at radius 1 is 1.32 bits per heavy atom. The summed E-state index contributed by atoms with van der Waals surface area (Å²) in [5, 5.41) is 2.81. The fourth-order valence-corrected chi connectivity index (χ4v) is 1.64. The fourth-order valence-electron chi connectivity index (χ4n) is 1.64. The second-order valence-electron chi connectivity index (χ2n) is 4.08. The Labute approximate surface area is 113 Å². The van der Waals surface area contributed by atoms with Crippen LogP contribution in [-0.2, 0) is 0 Å². The molecule has 6 heteroatoms. The Bertz CT molecular complexity index is 427. The molecule has 0 fully saturated rings. The summed E-state index contributed by atoms with van der Waals surface area (Å²) in [4.78, 5) is 28.7. The summed E-state index contributed by atoms with van der Waals surface area (Å²) in [6, 6.07) is 2.99. The summed E-state index contributed by atoms with van der Waals surface area (Å²) in [6.07, 6.45) is 1.35. The van der Waals surface area contributed by atoms with Gasteiger partial charge in [0, 0.05) is 19.3 Å². The lowest BCUT2D eigenvalue weighted by Crippen LogP contribution is -2.34. The van der Waals surface area contributed by atoms with Gasteiger partial charge in [0.05, 0.1) is 5.56 Å². The Morgan fingerprint density at radius 3 is 2.47 bits per heavy atom. The summed E-state index contributed by atoms with van der Waals surface area (Å²) in [6.45, 7) is 7.47. The zero-order valence-electron chi connectivity index (χ0n) is 11.3. The molecule has 0 spiro atoms. The molecule has 0 radical (unpaired) electrons. The Balaban J connectivity index is 2.47. The number of likely N-dealkylation sites (N-methyl/N-ethyl adjacent to an activating group) is 1. The zero-order chi connectivity index (χ0) is 14.3. The monoisotopic (exact) mass is 264 g/mol. The maximum atomic E-state index is 11.8. The van der Waals surface area contributed by atoms with Gasteiger partial charge >= 0.3 is 0 Å². The highest BCUT2D eigenvalue weighted by Crippen LogP contribution is 1.99. The lowest BCUT2D eigenvalue weighted by atomic mass is 10.2. The lowest BCUT2D eigenvalue weighted by Gasteiger charge is -2.17. The van der Waals surface area contributed by atoms with E-state index in [1.165, 1.54) is 12.3 Å². The van der Waals surface area contributed by atoms with Gasteiger partial charge in [-0.15, -0.1) is 0 Å². The second-order valence-corrected chi connectivity index (χ2v) is 4.08. The number of carbonyl (C=O) groups excluding carboxylic acids is 2. The van der Waals surface area contributed by atoms with Crippen LogP contribution in [0.4, 0.5) is 0 Å². The standard InChI is InChI=1S/C13H20N4O2/c1-3-17(4-2)8-7-15-13(19)10-5-6-11(12(14)18)16-9-10/h5-6,9H,3-4,7-8H2,1-2H3,(H2,14,18)(H,15,19). The predicted molar refractivity (Wildman–Crippen MR) is 72.9 cm³/mol. The van der Waals surface area contributed by atoms with E-state index in [9.17, 15) is 9.59 Å². The Hall–Kier alpha value is -1.95. The quantitative estimate of drug-likeness (QED) is 0.739. The average molecular weight is 264 g/mol. The van der Waals surface area contributed by atoms with Crippen molar-refractivity contribution in [3.05, 3.63) is 29.6 Å². The van der Waals surface area contributed by atoms with E-state index in [1.807, 2.05) is 0 Å².